The van der Waals surface area contributed by atoms with E-state index in [0.29, 0.717) is 35.2 Å². The maximum atomic E-state index is 12.5. The van der Waals surface area contributed by atoms with Crippen molar-refractivity contribution in [3.05, 3.63) is 59.7 Å². The molecule has 0 aromatic heterocycles. The van der Waals surface area contributed by atoms with Gasteiger partial charge in [-0.2, -0.15) is 0 Å². The number of aryl methyl sites for hydroxylation is 1. The molecule has 3 rings (SSSR count). The van der Waals surface area contributed by atoms with Crippen molar-refractivity contribution < 1.29 is 19.0 Å². The minimum atomic E-state index is -0.271. The van der Waals surface area contributed by atoms with Crippen molar-refractivity contribution in [3.8, 4) is 17.2 Å². The zero-order chi connectivity index (χ0) is 24.0. The Morgan fingerprint density at radius 2 is 1.82 bits per heavy atom. The van der Waals surface area contributed by atoms with Gasteiger partial charge in [-0.05, 0) is 37.1 Å². The van der Waals surface area contributed by atoms with Crippen molar-refractivity contribution in [2.45, 2.75) is 13.3 Å². The van der Waals surface area contributed by atoms with Crippen molar-refractivity contribution in [2.75, 3.05) is 50.9 Å². The number of hydrogen-bond acceptors (Lipinski definition) is 7. The van der Waals surface area contributed by atoms with E-state index in [1.54, 1.807) is 33.5 Å². The van der Waals surface area contributed by atoms with Gasteiger partial charge in [0.25, 0.3) is 0 Å². The second-order valence-corrected chi connectivity index (χ2v) is 7.51. The second kappa shape index (κ2) is 10.6. The van der Waals surface area contributed by atoms with E-state index in [0.717, 1.165) is 29.1 Å². The Labute approximate surface area is 194 Å². The number of rotatable bonds is 7. The van der Waals surface area contributed by atoms with E-state index in [9.17, 15) is 4.79 Å². The molecule has 0 atom stereocenters. The summed E-state index contributed by atoms with van der Waals surface area (Å²) in [7, 11) is 6.62. The molecule has 0 unspecified atom stereocenters. The van der Waals surface area contributed by atoms with Crippen LogP contribution in [0.3, 0.4) is 0 Å². The monoisotopic (exact) mass is 450 g/mol. The summed E-state index contributed by atoms with van der Waals surface area (Å²) >= 11 is 0. The first-order valence-corrected chi connectivity index (χ1v) is 10.5. The number of carbonyl (C=O) groups is 1. The summed E-state index contributed by atoms with van der Waals surface area (Å²) in [6.07, 6.45) is 6.08. The number of anilines is 3. The van der Waals surface area contributed by atoms with Gasteiger partial charge in [0.2, 0.25) is 11.7 Å². The standard InChI is InChI=1S/C25H30N4O4/c1-16-8-10-20(19(26)13-16)28-23(30)11-9-17-7-6-12-27-25(17)29(2)18-14-21(31-3)24(33-5)22(15-18)32-4/h7-11,13-15H,6,12,26H2,1-5H3,(H,28,30)/b11-9+. The van der Waals surface area contributed by atoms with E-state index in [1.165, 1.54) is 6.08 Å². The van der Waals surface area contributed by atoms with Crippen LogP contribution >= 0.6 is 0 Å². The fourth-order valence-electron chi connectivity index (χ4n) is 3.53. The first-order chi connectivity index (χ1) is 15.9. The van der Waals surface area contributed by atoms with Crippen molar-refractivity contribution in [3.63, 3.8) is 0 Å². The number of aliphatic imine (C=N–C) groups is 1. The maximum absolute atomic E-state index is 12.5. The van der Waals surface area contributed by atoms with Gasteiger partial charge >= 0.3 is 0 Å². The van der Waals surface area contributed by atoms with Crippen LogP contribution in [-0.4, -0.2) is 46.7 Å². The predicted octanol–water partition coefficient (Wildman–Crippen LogP) is 3.96. The quantitative estimate of drug-likeness (QED) is 0.489. The van der Waals surface area contributed by atoms with Gasteiger partial charge in [0.15, 0.2) is 11.5 Å². The molecular weight excluding hydrogens is 420 g/mol. The molecule has 33 heavy (non-hydrogen) atoms. The molecule has 1 aliphatic heterocycles. The van der Waals surface area contributed by atoms with E-state index in [-0.39, 0.29) is 5.91 Å². The number of nitrogens with one attached hydrogen (secondary N) is 1. The predicted molar refractivity (Wildman–Crippen MR) is 133 cm³/mol. The average molecular weight is 451 g/mol. The fraction of sp³-hybridized carbons (Fsp3) is 0.280. The average Bonchev–Trinajstić information content (AvgIpc) is 2.83. The molecule has 1 aliphatic rings. The smallest absolute Gasteiger partial charge is 0.248 e. The normalized spacial score (nSPS) is 13.2. The number of nitrogens with zero attached hydrogens (tertiary/aromatic N) is 2. The van der Waals surface area contributed by atoms with Gasteiger partial charge in [0.05, 0.1) is 32.7 Å². The molecule has 0 fully saturated rings. The summed E-state index contributed by atoms with van der Waals surface area (Å²) in [4.78, 5) is 19.1. The minimum absolute atomic E-state index is 0.271. The SMILES string of the molecule is COc1cc(N(C)C2=NCCC=C2/C=C/C(=O)Nc2ccc(C)cc2N)cc(OC)c1OC. The van der Waals surface area contributed by atoms with E-state index in [2.05, 4.69) is 16.4 Å². The van der Waals surface area contributed by atoms with Crippen molar-refractivity contribution >= 4 is 28.8 Å². The van der Waals surface area contributed by atoms with Crippen LogP contribution in [0.15, 0.2) is 59.1 Å². The Kier molecular flexibility index (Phi) is 7.61. The van der Waals surface area contributed by atoms with Gasteiger partial charge in [-0.25, -0.2) is 0 Å². The summed E-state index contributed by atoms with van der Waals surface area (Å²) in [6, 6.07) is 9.22. The number of dihydropyridines is 1. The number of carbonyl (C=O) groups excluding carboxylic acids is 1. The van der Waals surface area contributed by atoms with Crippen LogP contribution in [0.5, 0.6) is 17.2 Å². The molecular formula is C25H30N4O4. The molecule has 2 aromatic carbocycles. The van der Waals surface area contributed by atoms with Crippen molar-refractivity contribution in [1.82, 2.24) is 0 Å². The summed E-state index contributed by atoms with van der Waals surface area (Å²) in [5.41, 5.74) is 9.78. The third-order valence-corrected chi connectivity index (χ3v) is 5.25. The molecule has 0 aliphatic carbocycles. The molecule has 0 saturated heterocycles. The molecule has 2 aromatic rings. The lowest BCUT2D eigenvalue weighted by Gasteiger charge is -2.26. The molecule has 0 radical (unpaired) electrons. The zero-order valence-corrected chi connectivity index (χ0v) is 19.6. The molecule has 0 saturated carbocycles. The highest BCUT2D eigenvalue weighted by Crippen LogP contribution is 2.41. The lowest BCUT2D eigenvalue weighted by atomic mass is 10.1. The van der Waals surface area contributed by atoms with E-state index >= 15 is 0 Å². The number of amidine groups is 1. The summed E-state index contributed by atoms with van der Waals surface area (Å²) < 4.78 is 16.4. The number of hydrogen-bond donors (Lipinski definition) is 2. The molecule has 1 amide bonds. The lowest BCUT2D eigenvalue weighted by molar-refractivity contribution is -0.111. The lowest BCUT2D eigenvalue weighted by Crippen LogP contribution is -2.29. The topological polar surface area (TPSA) is 98.4 Å². The fourth-order valence-corrected chi connectivity index (χ4v) is 3.53. The third-order valence-electron chi connectivity index (χ3n) is 5.25. The second-order valence-electron chi connectivity index (χ2n) is 7.51. The Balaban J connectivity index is 1.81. The Morgan fingerprint density at radius 3 is 2.42 bits per heavy atom. The van der Waals surface area contributed by atoms with Crippen molar-refractivity contribution in [2.24, 2.45) is 4.99 Å². The van der Waals surface area contributed by atoms with Gasteiger partial charge in [0, 0.05) is 43.1 Å². The Hall–Kier alpha value is -3.94. The summed E-state index contributed by atoms with van der Waals surface area (Å²) in [5.74, 6) is 2.07. The number of nitrogens with two attached hydrogens (primary N) is 1. The molecule has 3 N–H and O–H groups in total. The minimum Gasteiger partial charge on any atom is -0.493 e. The van der Waals surface area contributed by atoms with Gasteiger partial charge < -0.3 is 30.2 Å². The van der Waals surface area contributed by atoms with Gasteiger partial charge in [-0.15, -0.1) is 0 Å². The number of methoxy groups -OCH3 is 3. The van der Waals surface area contributed by atoms with Crippen molar-refractivity contribution in [1.29, 1.82) is 0 Å². The highest BCUT2D eigenvalue weighted by atomic mass is 16.5. The van der Waals surface area contributed by atoms with E-state index < -0.39 is 0 Å². The Bertz CT molecular complexity index is 1100. The van der Waals surface area contributed by atoms with Crippen LogP contribution in [0.2, 0.25) is 0 Å². The summed E-state index contributed by atoms with van der Waals surface area (Å²) in [5, 5.41) is 2.82. The first-order valence-electron chi connectivity index (χ1n) is 10.5. The van der Waals surface area contributed by atoms with Crippen LogP contribution < -0.4 is 30.2 Å². The van der Waals surface area contributed by atoms with Crippen LogP contribution in [-0.2, 0) is 4.79 Å². The first kappa shape index (κ1) is 23.7. The molecule has 8 nitrogen and oxygen atoms in total. The van der Waals surface area contributed by atoms with E-state index in [4.69, 9.17) is 19.9 Å². The molecule has 174 valence electrons. The van der Waals surface area contributed by atoms with Gasteiger partial charge in [-0.3, -0.25) is 9.79 Å². The molecule has 1 heterocycles. The zero-order valence-electron chi connectivity index (χ0n) is 19.6. The maximum Gasteiger partial charge on any atom is 0.248 e. The number of ether oxygens (including phenoxy) is 3. The summed E-state index contributed by atoms with van der Waals surface area (Å²) in [6.45, 7) is 2.61. The van der Waals surface area contributed by atoms with Gasteiger partial charge in [-0.1, -0.05) is 12.1 Å². The highest BCUT2D eigenvalue weighted by molar-refractivity contribution is 6.13. The molecule has 0 bridgehead atoms. The van der Waals surface area contributed by atoms with Crippen LogP contribution in [0.25, 0.3) is 0 Å². The van der Waals surface area contributed by atoms with Gasteiger partial charge in [0.1, 0.15) is 5.84 Å². The largest absolute Gasteiger partial charge is 0.493 e. The van der Waals surface area contributed by atoms with Crippen LogP contribution in [0.4, 0.5) is 17.1 Å². The molecule has 0 spiro atoms. The third kappa shape index (κ3) is 5.46. The number of likely N-dealkylation sites (N-methyl/N-ethyl adjacent to an activating group) is 1. The van der Waals surface area contributed by atoms with E-state index in [1.807, 2.05) is 43.1 Å². The highest BCUT2D eigenvalue weighted by Gasteiger charge is 2.20. The number of nitrogen functional groups attached to an aromatic ring is 1. The number of amides is 1. The molecule has 8 heteroatoms. The van der Waals surface area contributed by atoms with Crippen LogP contribution in [0, 0.1) is 6.92 Å². The Morgan fingerprint density at radius 1 is 1.12 bits per heavy atom. The van der Waals surface area contributed by atoms with Crippen LogP contribution in [0.1, 0.15) is 12.0 Å². The number of benzene rings is 2.